The molecule has 0 aliphatic carbocycles. The van der Waals surface area contributed by atoms with E-state index in [4.69, 9.17) is 0 Å². The lowest BCUT2D eigenvalue weighted by Gasteiger charge is -2.28. The summed E-state index contributed by atoms with van der Waals surface area (Å²) in [6.07, 6.45) is 5.55. The van der Waals surface area contributed by atoms with Crippen LogP contribution in [0.4, 0.5) is 5.69 Å². The number of likely N-dealkylation sites (tertiary alicyclic amines) is 2. The fourth-order valence-corrected chi connectivity index (χ4v) is 3.44. The number of anilines is 1. The predicted octanol–water partition coefficient (Wildman–Crippen LogP) is 2.26. The molecule has 0 aromatic heterocycles. The lowest BCUT2D eigenvalue weighted by Crippen LogP contribution is -2.41. The molecule has 3 amide bonds. The van der Waals surface area contributed by atoms with Crippen molar-refractivity contribution in [1.29, 1.82) is 0 Å². The van der Waals surface area contributed by atoms with E-state index in [2.05, 4.69) is 5.32 Å². The third kappa shape index (κ3) is 4.38. The molecule has 2 heterocycles. The fourth-order valence-electron chi connectivity index (χ4n) is 3.44. The average molecular weight is 343 g/mol. The fraction of sp³-hybridized carbons (Fsp3) is 0.526. The van der Waals surface area contributed by atoms with Crippen LogP contribution in [0.25, 0.3) is 0 Å². The molecule has 6 heteroatoms. The number of piperidine rings is 2. The van der Waals surface area contributed by atoms with E-state index in [1.165, 1.54) is 0 Å². The van der Waals surface area contributed by atoms with Crippen LogP contribution in [0.1, 0.15) is 48.9 Å². The largest absolute Gasteiger partial charge is 0.339 e. The minimum absolute atomic E-state index is 0.0269. The van der Waals surface area contributed by atoms with E-state index in [-0.39, 0.29) is 24.3 Å². The molecule has 0 saturated carbocycles. The van der Waals surface area contributed by atoms with Gasteiger partial charge in [0.15, 0.2) is 0 Å². The Morgan fingerprint density at radius 3 is 2.44 bits per heavy atom. The summed E-state index contributed by atoms with van der Waals surface area (Å²) in [7, 11) is 0. The van der Waals surface area contributed by atoms with Gasteiger partial charge in [-0.05, 0) is 44.2 Å². The van der Waals surface area contributed by atoms with E-state index in [9.17, 15) is 14.4 Å². The van der Waals surface area contributed by atoms with Crippen LogP contribution in [-0.4, -0.2) is 53.7 Å². The summed E-state index contributed by atoms with van der Waals surface area (Å²) in [4.78, 5) is 40.4. The molecule has 2 saturated heterocycles. The van der Waals surface area contributed by atoms with Gasteiger partial charge in [0.25, 0.3) is 5.91 Å². The maximum absolute atomic E-state index is 12.8. The lowest BCUT2D eigenvalue weighted by atomic mass is 10.1. The Morgan fingerprint density at radius 1 is 0.960 bits per heavy atom. The molecule has 134 valence electrons. The topological polar surface area (TPSA) is 69.7 Å². The monoisotopic (exact) mass is 343 g/mol. The van der Waals surface area contributed by atoms with Crippen LogP contribution in [-0.2, 0) is 9.59 Å². The number of carbonyl (C=O) groups excluding carboxylic acids is 3. The summed E-state index contributed by atoms with van der Waals surface area (Å²) < 4.78 is 0. The Balaban J connectivity index is 1.66. The third-order valence-corrected chi connectivity index (χ3v) is 4.83. The van der Waals surface area contributed by atoms with Crippen molar-refractivity contribution >= 4 is 23.4 Å². The normalized spacial score (nSPS) is 18.2. The van der Waals surface area contributed by atoms with Crippen LogP contribution in [0.15, 0.2) is 24.3 Å². The van der Waals surface area contributed by atoms with E-state index < -0.39 is 0 Å². The second-order valence-corrected chi connectivity index (χ2v) is 6.72. The summed E-state index contributed by atoms with van der Waals surface area (Å²) >= 11 is 0. The minimum atomic E-state index is -0.255. The average Bonchev–Trinajstić information content (AvgIpc) is 2.64. The Labute approximate surface area is 148 Å². The molecule has 3 rings (SSSR count). The first kappa shape index (κ1) is 17.5. The molecule has 1 aromatic rings. The van der Waals surface area contributed by atoms with E-state index in [1.807, 2.05) is 4.90 Å². The van der Waals surface area contributed by atoms with Gasteiger partial charge in [-0.2, -0.15) is 0 Å². The second kappa shape index (κ2) is 8.14. The van der Waals surface area contributed by atoms with Crippen LogP contribution in [0.5, 0.6) is 0 Å². The van der Waals surface area contributed by atoms with Crippen LogP contribution >= 0.6 is 0 Å². The van der Waals surface area contributed by atoms with Crippen molar-refractivity contribution in [2.24, 2.45) is 0 Å². The zero-order chi connectivity index (χ0) is 17.6. The number of hydrogen-bond donors (Lipinski definition) is 1. The predicted molar refractivity (Wildman–Crippen MR) is 95.3 cm³/mol. The van der Waals surface area contributed by atoms with Gasteiger partial charge < -0.3 is 15.1 Å². The molecule has 25 heavy (non-hydrogen) atoms. The highest BCUT2D eigenvalue weighted by Crippen LogP contribution is 2.20. The number of amides is 3. The zero-order valence-corrected chi connectivity index (χ0v) is 14.5. The number of benzene rings is 1. The summed E-state index contributed by atoms with van der Waals surface area (Å²) in [6, 6.07) is 7.10. The standard InChI is InChI=1S/C19H25N3O3/c23-17(14-22-13-7-4-10-18(22)24)20-16-9-3-2-8-15(16)19(25)21-11-5-1-6-12-21/h2-3,8-9H,1,4-7,10-14H2,(H,20,23). The molecule has 2 aliphatic rings. The third-order valence-electron chi connectivity index (χ3n) is 4.83. The molecule has 6 nitrogen and oxygen atoms in total. The smallest absolute Gasteiger partial charge is 0.255 e. The molecule has 2 fully saturated rings. The van der Waals surface area contributed by atoms with Gasteiger partial charge in [-0.1, -0.05) is 12.1 Å². The van der Waals surface area contributed by atoms with Crippen LogP contribution in [0.2, 0.25) is 0 Å². The quantitative estimate of drug-likeness (QED) is 0.912. The first-order valence-electron chi connectivity index (χ1n) is 9.11. The lowest BCUT2D eigenvalue weighted by molar-refractivity contribution is -0.136. The van der Waals surface area contributed by atoms with Gasteiger partial charge in [-0.25, -0.2) is 0 Å². The van der Waals surface area contributed by atoms with Crippen molar-refractivity contribution < 1.29 is 14.4 Å². The Kier molecular flexibility index (Phi) is 5.68. The van der Waals surface area contributed by atoms with Gasteiger partial charge in [0.1, 0.15) is 0 Å². The highest BCUT2D eigenvalue weighted by molar-refractivity contribution is 6.04. The van der Waals surface area contributed by atoms with Crippen molar-refractivity contribution in [2.75, 3.05) is 31.5 Å². The van der Waals surface area contributed by atoms with Gasteiger partial charge >= 0.3 is 0 Å². The molecule has 1 aromatic carbocycles. The number of carbonyl (C=O) groups is 3. The minimum Gasteiger partial charge on any atom is -0.339 e. The molecule has 0 radical (unpaired) electrons. The Morgan fingerprint density at radius 2 is 1.68 bits per heavy atom. The number of rotatable bonds is 4. The van der Waals surface area contributed by atoms with Gasteiger partial charge in [0, 0.05) is 26.1 Å². The molecule has 0 unspecified atom stereocenters. The molecular formula is C19H25N3O3. The summed E-state index contributed by atoms with van der Waals surface area (Å²) in [5.74, 6) is -0.266. The number of hydrogen-bond acceptors (Lipinski definition) is 3. The molecule has 0 bridgehead atoms. The maximum Gasteiger partial charge on any atom is 0.255 e. The van der Waals surface area contributed by atoms with E-state index in [0.717, 1.165) is 45.2 Å². The first-order valence-corrected chi connectivity index (χ1v) is 9.11. The van der Waals surface area contributed by atoms with Gasteiger partial charge in [0.05, 0.1) is 17.8 Å². The van der Waals surface area contributed by atoms with Crippen molar-refractivity contribution in [2.45, 2.75) is 38.5 Å². The van der Waals surface area contributed by atoms with Crippen LogP contribution in [0.3, 0.4) is 0 Å². The molecule has 0 spiro atoms. The van der Waals surface area contributed by atoms with Crippen LogP contribution in [0, 0.1) is 0 Å². The van der Waals surface area contributed by atoms with Crippen molar-refractivity contribution in [3.8, 4) is 0 Å². The van der Waals surface area contributed by atoms with E-state index >= 15 is 0 Å². The van der Waals surface area contributed by atoms with Crippen molar-refractivity contribution in [3.05, 3.63) is 29.8 Å². The summed E-state index contributed by atoms with van der Waals surface area (Å²) in [5.41, 5.74) is 1.04. The Hall–Kier alpha value is -2.37. The van der Waals surface area contributed by atoms with Gasteiger partial charge in [-0.15, -0.1) is 0 Å². The second-order valence-electron chi connectivity index (χ2n) is 6.72. The first-order chi connectivity index (χ1) is 12.1. The zero-order valence-electron chi connectivity index (χ0n) is 14.5. The van der Waals surface area contributed by atoms with Gasteiger partial charge in [0.2, 0.25) is 11.8 Å². The van der Waals surface area contributed by atoms with E-state index in [1.54, 1.807) is 29.2 Å². The Bertz CT molecular complexity index is 653. The van der Waals surface area contributed by atoms with Crippen LogP contribution < -0.4 is 5.32 Å². The highest BCUT2D eigenvalue weighted by atomic mass is 16.2. The molecule has 1 N–H and O–H groups in total. The summed E-state index contributed by atoms with van der Waals surface area (Å²) in [6.45, 7) is 2.21. The van der Waals surface area contributed by atoms with E-state index in [0.29, 0.717) is 24.2 Å². The number of para-hydroxylation sites is 1. The number of nitrogens with zero attached hydrogens (tertiary/aromatic N) is 2. The van der Waals surface area contributed by atoms with Gasteiger partial charge in [-0.3, -0.25) is 14.4 Å². The number of nitrogens with one attached hydrogen (secondary N) is 1. The maximum atomic E-state index is 12.8. The highest BCUT2D eigenvalue weighted by Gasteiger charge is 2.23. The molecular weight excluding hydrogens is 318 g/mol. The molecule has 2 aliphatic heterocycles. The van der Waals surface area contributed by atoms with Crippen molar-refractivity contribution in [1.82, 2.24) is 9.80 Å². The summed E-state index contributed by atoms with van der Waals surface area (Å²) in [5, 5.41) is 2.82. The van der Waals surface area contributed by atoms with Crippen molar-refractivity contribution in [3.63, 3.8) is 0 Å². The molecule has 0 atom stereocenters. The SMILES string of the molecule is O=C(CN1CCCCC1=O)Nc1ccccc1C(=O)N1CCCCC1.